The monoisotopic (exact) mass is 300 g/mol. The molecule has 22 heavy (non-hydrogen) atoms. The van der Waals surface area contributed by atoms with E-state index < -0.39 is 4.92 Å². The summed E-state index contributed by atoms with van der Waals surface area (Å²) < 4.78 is 0. The van der Waals surface area contributed by atoms with Crippen molar-refractivity contribution in [3.8, 4) is 0 Å². The first-order chi connectivity index (χ1) is 10.4. The fourth-order valence-corrected chi connectivity index (χ4v) is 3.34. The minimum absolute atomic E-state index is 0.000587. The maximum atomic E-state index is 12.6. The van der Waals surface area contributed by atoms with E-state index in [1.165, 1.54) is 6.07 Å². The molecular weight excluding hydrogens is 284 g/mol. The molecule has 0 radical (unpaired) electrons. The van der Waals surface area contributed by atoms with Gasteiger partial charge < -0.3 is 0 Å². The van der Waals surface area contributed by atoms with Crippen molar-refractivity contribution in [3.63, 3.8) is 0 Å². The van der Waals surface area contributed by atoms with Crippen molar-refractivity contribution in [1.29, 1.82) is 0 Å². The first kappa shape index (κ1) is 14.4. The molecule has 0 saturated carbocycles. The lowest BCUT2D eigenvalue weighted by atomic mass is 9.78. The van der Waals surface area contributed by atoms with Crippen LogP contribution in [0.1, 0.15) is 18.9 Å². The molecule has 0 spiro atoms. The summed E-state index contributed by atoms with van der Waals surface area (Å²) in [4.78, 5) is 36.9. The number of amides is 2. The van der Waals surface area contributed by atoms with Crippen LogP contribution in [0, 0.1) is 34.8 Å². The highest BCUT2D eigenvalue weighted by molar-refractivity contribution is 6.22. The maximum absolute atomic E-state index is 12.6. The lowest BCUT2D eigenvalue weighted by Gasteiger charge is -2.22. The van der Waals surface area contributed by atoms with E-state index in [1.54, 1.807) is 19.1 Å². The summed E-state index contributed by atoms with van der Waals surface area (Å²) in [6.45, 7) is 3.54. The van der Waals surface area contributed by atoms with E-state index in [4.69, 9.17) is 0 Å². The summed E-state index contributed by atoms with van der Waals surface area (Å²) in [5.41, 5.74) is 0.702. The van der Waals surface area contributed by atoms with Crippen LogP contribution < -0.4 is 4.90 Å². The van der Waals surface area contributed by atoms with Crippen molar-refractivity contribution in [2.75, 3.05) is 4.90 Å². The van der Waals surface area contributed by atoms with Gasteiger partial charge in [0.25, 0.3) is 5.69 Å². The van der Waals surface area contributed by atoms with Gasteiger partial charge in [0.15, 0.2) is 0 Å². The Bertz CT molecular complexity index is 710. The highest BCUT2D eigenvalue weighted by atomic mass is 16.6. The second-order valence-corrected chi connectivity index (χ2v) is 5.90. The van der Waals surface area contributed by atoms with Gasteiger partial charge in [0, 0.05) is 11.6 Å². The Hall–Kier alpha value is -2.50. The second kappa shape index (κ2) is 5.05. The molecule has 1 saturated heterocycles. The third-order valence-corrected chi connectivity index (χ3v) is 4.52. The van der Waals surface area contributed by atoms with E-state index in [2.05, 4.69) is 0 Å². The average Bonchev–Trinajstić information content (AvgIpc) is 2.73. The number of carbonyl (C=O) groups is 2. The van der Waals surface area contributed by atoms with Crippen molar-refractivity contribution in [2.45, 2.75) is 20.3 Å². The molecular formula is C16H16N2O4. The topological polar surface area (TPSA) is 80.5 Å². The van der Waals surface area contributed by atoms with Gasteiger partial charge in [0.05, 0.1) is 22.4 Å². The molecule has 1 aromatic carbocycles. The number of hydrogen-bond acceptors (Lipinski definition) is 4. The molecule has 1 aliphatic heterocycles. The third-order valence-electron chi connectivity index (χ3n) is 4.52. The van der Waals surface area contributed by atoms with Crippen molar-refractivity contribution in [3.05, 3.63) is 46.0 Å². The van der Waals surface area contributed by atoms with Crippen LogP contribution in [0.25, 0.3) is 0 Å². The van der Waals surface area contributed by atoms with Gasteiger partial charge in [-0.15, -0.1) is 0 Å². The van der Waals surface area contributed by atoms with Gasteiger partial charge in [-0.05, 0) is 25.3 Å². The van der Waals surface area contributed by atoms with Gasteiger partial charge in [-0.1, -0.05) is 25.1 Å². The standard InChI is InChI=1S/C16H16N2O4/c1-9-6-7-11(8-13(9)18(21)22)17-15(19)12-5-3-4-10(2)14(12)16(17)20/h3-4,6-8,10,12,14H,5H2,1-2H3/t10-,12+,14-/m0/s1. The van der Waals surface area contributed by atoms with Crippen LogP contribution in [0.5, 0.6) is 0 Å². The maximum Gasteiger partial charge on any atom is 0.274 e. The molecule has 1 fully saturated rings. The summed E-state index contributed by atoms with van der Waals surface area (Å²) in [6.07, 6.45) is 4.43. The van der Waals surface area contributed by atoms with Crippen molar-refractivity contribution in [1.82, 2.24) is 0 Å². The van der Waals surface area contributed by atoms with Gasteiger partial charge in [-0.25, -0.2) is 4.90 Å². The fourth-order valence-electron chi connectivity index (χ4n) is 3.34. The molecule has 6 nitrogen and oxygen atoms in total. The van der Waals surface area contributed by atoms with Crippen molar-refractivity contribution < 1.29 is 14.5 Å². The summed E-state index contributed by atoms with van der Waals surface area (Å²) in [6, 6.07) is 4.46. The number of carbonyl (C=O) groups excluding carboxylic acids is 2. The Morgan fingerprint density at radius 2 is 2.00 bits per heavy atom. The van der Waals surface area contributed by atoms with Gasteiger partial charge in [-0.3, -0.25) is 19.7 Å². The average molecular weight is 300 g/mol. The van der Waals surface area contributed by atoms with E-state index in [0.29, 0.717) is 12.0 Å². The Kier molecular flexibility index (Phi) is 3.31. The lowest BCUT2D eigenvalue weighted by Crippen LogP contribution is -2.31. The lowest BCUT2D eigenvalue weighted by molar-refractivity contribution is -0.385. The Morgan fingerprint density at radius 1 is 1.27 bits per heavy atom. The molecule has 0 unspecified atom stereocenters. The fraction of sp³-hybridized carbons (Fsp3) is 0.375. The summed E-state index contributed by atoms with van der Waals surface area (Å²) in [7, 11) is 0. The van der Waals surface area contributed by atoms with Crippen LogP contribution in [-0.2, 0) is 9.59 Å². The number of anilines is 1. The van der Waals surface area contributed by atoms with Crippen LogP contribution in [0.2, 0.25) is 0 Å². The number of nitro benzene ring substituents is 1. The molecule has 0 bridgehead atoms. The molecule has 3 rings (SSSR count). The highest BCUT2D eigenvalue weighted by Crippen LogP contribution is 2.41. The molecule has 6 heteroatoms. The van der Waals surface area contributed by atoms with Gasteiger partial charge in [-0.2, -0.15) is 0 Å². The minimum Gasteiger partial charge on any atom is -0.274 e. The zero-order valence-corrected chi connectivity index (χ0v) is 12.4. The first-order valence-electron chi connectivity index (χ1n) is 7.21. The summed E-state index contributed by atoms with van der Waals surface area (Å²) in [5.74, 6) is -1.24. The number of nitrogens with zero attached hydrogens (tertiary/aromatic N) is 2. The van der Waals surface area contributed by atoms with Gasteiger partial charge in [0.1, 0.15) is 0 Å². The van der Waals surface area contributed by atoms with E-state index in [9.17, 15) is 19.7 Å². The molecule has 2 amide bonds. The molecule has 3 atom stereocenters. The number of allylic oxidation sites excluding steroid dienone is 2. The third kappa shape index (κ3) is 2.03. The van der Waals surface area contributed by atoms with Crippen molar-refractivity contribution >= 4 is 23.2 Å². The molecule has 0 N–H and O–H groups in total. The Labute approximate surface area is 127 Å². The second-order valence-electron chi connectivity index (χ2n) is 5.90. The van der Waals surface area contributed by atoms with Crippen LogP contribution in [0.3, 0.4) is 0 Å². The van der Waals surface area contributed by atoms with Crippen molar-refractivity contribution in [2.24, 2.45) is 17.8 Å². The smallest absolute Gasteiger partial charge is 0.274 e. The normalized spacial score (nSPS) is 27.2. The molecule has 1 aromatic rings. The predicted octanol–water partition coefficient (Wildman–Crippen LogP) is 2.60. The molecule has 0 aromatic heterocycles. The molecule has 114 valence electrons. The number of nitro groups is 1. The van der Waals surface area contributed by atoms with Crippen LogP contribution in [-0.4, -0.2) is 16.7 Å². The number of hydrogen-bond donors (Lipinski definition) is 0. The number of rotatable bonds is 2. The van der Waals surface area contributed by atoms with E-state index in [0.717, 1.165) is 4.90 Å². The van der Waals surface area contributed by atoms with E-state index in [-0.39, 0.29) is 40.9 Å². The van der Waals surface area contributed by atoms with E-state index >= 15 is 0 Å². The largest absolute Gasteiger partial charge is 0.274 e. The predicted molar refractivity (Wildman–Crippen MR) is 80.2 cm³/mol. The number of fused-ring (bicyclic) bond motifs is 1. The van der Waals surface area contributed by atoms with Crippen LogP contribution >= 0.6 is 0 Å². The SMILES string of the molecule is Cc1ccc(N2C(=O)[C@H]3[C@@H](C)C=CC[C@H]3C2=O)cc1[N+](=O)[O-]. The van der Waals surface area contributed by atoms with E-state index in [1.807, 2.05) is 19.1 Å². The number of imide groups is 1. The number of aryl methyl sites for hydroxylation is 1. The zero-order chi connectivity index (χ0) is 16.0. The molecule has 1 heterocycles. The Morgan fingerprint density at radius 3 is 2.64 bits per heavy atom. The first-order valence-corrected chi connectivity index (χ1v) is 7.21. The summed E-state index contributed by atoms with van der Waals surface area (Å²) in [5, 5.41) is 11.1. The number of benzene rings is 1. The zero-order valence-electron chi connectivity index (χ0n) is 12.4. The summed E-state index contributed by atoms with van der Waals surface area (Å²) >= 11 is 0. The van der Waals surface area contributed by atoms with Gasteiger partial charge in [0.2, 0.25) is 11.8 Å². The van der Waals surface area contributed by atoms with Crippen LogP contribution in [0.15, 0.2) is 30.4 Å². The Balaban J connectivity index is 2.03. The highest BCUT2D eigenvalue weighted by Gasteiger charge is 2.50. The molecule has 1 aliphatic carbocycles. The van der Waals surface area contributed by atoms with Crippen LogP contribution in [0.4, 0.5) is 11.4 Å². The minimum atomic E-state index is -0.499. The van der Waals surface area contributed by atoms with Gasteiger partial charge >= 0.3 is 0 Å². The quantitative estimate of drug-likeness (QED) is 0.364. The molecule has 2 aliphatic rings.